The molecule has 24 heavy (non-hydrogen) atoms. The molecule has 0 spiro atoms. The van der Waals surface area contributed by atoms with Crippen LogP contribution in [0.25, 0.3) is 5.65 Å². The summed E-state index contributed by atoms with van der Waals surface area (Å²) in [6.07, 6.45) is 3.39. The van der Waals surface area contributed by atoms with Crippen LogP contribution in [0.5, 0.6) is 0 Å². The van der Waals surface area contributed by atoms with Gasteiger partial charge in [0.05, 0.1) is 29.9 Å². The number of piperidine rings is 1. The Morgan fingerprint density at radius 2 is 2.12 bits per heavy atom. The highest BCUT2D eigenvalue weighted by Crippen LogP contribution is 2.18. The van der Waals surface area contributed by atoms with Gasteiger partial charge in [-0.2, -0.15) is 0 Å². The van der Waals surface area contributed by atoms with E-state index in [-0.39, 0.29) is 12.1 Å². The van der Waals surface area contributed by atoms with Crippen LogP contribution >= 0.6 is 0 Å². The highest BCUT2D eigenvalue weighted by Gasteiger charge is 2.23. The molecule has 0 unspecified atom stereocenters. The lowest BCUT2D eigenvalue weighted by Crippen LogP contribution is -3.11. The maximum absolute atomic E-state index is 11.0. The molecule has 1 aliphatic heterocycles. The number of carboxylic acids is 1. The van der Waals surface area contributed by atoms with Gasteiger partial charge in [0.1, 0.15) is 17.9 Å². The van der Waals surface area contributed by atoms with Gasteiger partial charge < -0.3 is 14.8 Å². The number of nitrogens with one attached hydrogen (secondary N) is 1. The summed E-state index contributed by atoms with van der Waals surface area (Å²) in [5.74, 6) is -0.490. The van der Waals surface area contributed by atoms with E-state index in [2.05, 4.69) is 11.9 Å². The molecule has 0 bridgehead atoms. The molecule has 8 heteroatoms. The summed E-state index contributed by atoms with van der Waals surface area (Å²) in [4.78, 5) is 27.3. The van der Waals surface area contributed by atoms with Gasteiger partial charge in [-0.3, -0.25) is 14.5 Å². The van der Waals surface area contributed by atoms with Crippen molar-refractivity contribution in [3.8, 4) is 0 Å². The molecule has 3 heterocycles. The number of aromatic nitrogens is 2. The summed E-state index contributed by atoms with van der Waals surface area (Å²) in [7, 11) is 0. The zero-order valence-corrected chi connectivity index (χ0v) is 13.5. The van der Waals surface area contributed by atoms with Gasteiger partial charge in [-0.15, -0.1) is 0 Å². The summed E-state index contributed by atoms with van der Waals surface area (Å²) < 4.78 is 1.65. The zero-order valence-electron chi connectivity index (χ0n) is 13.5. The molecule has 0 amide bonds. The maximum atomic E-state index is 11.0. The SMILES string of the molecule is CC1CC[NH+](Cc2c(CC(=O)[O-])nc3ccc([N+](=O)[O-])cn23)CC1. The third-order valence-electron chi connectivity index (χ3n) is 4.71. The molecule has 0 aliphatic carbocycles. The number of pyridine rings is 1. The van der Waals surface area contributed by atoms with Crippen LogP contribution in [0, 0.1) is 16.0 Å². The van der Waals surface area contributed by atoms with E-state index in [9.17, 15) is 20.0 Å². The second kappa shape index (κ2) is 6.56. The van der Waals surface area contributed by atoms with Crippen LogP contribution in [0.1, 0.15) is 31.2 Å². The molecule has 0 atom stereocenters. The number of hydrogen-bond acceptors (Lipinski definition) is 5. The normalized spacial score (nSPS) is 21.0. The van der Waals surface area contributed by atoms with Crippen molar-refractivity contribution in [2.75, 3.05) is 13.1 Å². The lowest BCUT2D eigenvalue weighted by Gasteiger charge is -2.27. The molecule has 1 aliphatic rings. The average molecular weight is 332 g/mol. The minimum absolute atomic E-state index is 0.0385. The molecular formula is C16H20N4O4. The van der Waals surface area contributed by atoms with Gasteiger partial charge in [0.15, 0.2) is 0 Å². The fourth-order valence-electron chi connectivity index (χ4n) is 3.29. The molecule has 1 saturated heterocycles. The molecule has 2 aromatic rings. The standard InChI is InChI=1S/C16H20N4O4/c1-11-4-6-18(7-5-11)10-14-13(8-16(21)22)17-15-3-2-12(20(23)24)9-19(14)15/h2-3,9,11H,4-8,10H2,1H3,(H,21,22). The number of imidazole rings is 1. The van der Waals surface area contributed by atoms with Crippen molar-refractivity contribution in [3.05, 3.63) is 39.8 Å². The number of nitro groups is 1. The number of likely N-dealkylation sites (tertiary alicyclic amines) is 1. The van der Waals surface area contributed by atoms with Crippen LogP contribution in [-0.2, 0) is 17.8 Å². The third-order valence-corrected chi connectivity index (χ3v) is 4.71. The first-order chi connectivity index (χ1) is 11.4. The fourth-order valence-corrected chi connectivity index (χ4v) is 3.29. The first-order valence-electron chi connectivity index (χ1n) is 8.11. The van der Waals surface area contributed by atoms with Gasteiger partial charge in [-0.1, -0.05) is 6.92 Å². The van der Waals surface area contributed by atoms with E-state index in [1.165, 1.54) is 17.2 Å². The highest BCUT2D eigenvalue weighted by molar-refractivity contribution is 5.68. The van der Waals surface area contributed by atoms with Crippen molar-refractivity contribution in [1.29, 1.82) is 0 Å². The minimum atomic E-state index is -1.20. The fraction of sp³-hybridized carbons (Fsp3) is 0.500. The molecule has 1 fully saturated rings. The van der Waals surface area contributed by atoms with Crippen LogP contribution < -0.4 is 10.0 Å². The van der Waals surface area contributed by atoms with E-state index in [1.54, 1.807) is 10.5 Å². The van der Waals surface area contributed by atoms with Crippen molar-refractivity contribution >= 4 is 17.3 Å². The Kier molecular flexibility index (Phi) is 4.48. The van der Waals surface area contributed by atoms with Gasteiger partial charge in [-0.25, -0.2) is 4.98 Å². The maximum Gasteiger partial charge on any atom is 0.286 e. The molecule has 2 aromatic heterocycles. The number of nitrogens with zero attached hydrogens (tertiary/aromatic N) is 3. The van der Waals surface area contributed by atoms with Crippen LogP contribution in [-0.4, -0.2) is 33.4 Å². The second-order valence-corrected chi connectivity index (χ2v) is 6.54. The third kappa shape index (κ3) is 3.38. The molecule has 128 valence electrons. The highest BCUT2D eigenvalue weighted by atomic mass is 16.6. The van der Waals surface area contributed by atoms with Gasteiger partial charge in [-0.05, 0) is 24.8 Å². The number of fused-ring (bicyclic) bond motifs is 1. The molecule has 0 radical (unpaired) electrons. The van der Waals surface area contributed by atoms with Crippen LogP contribution in [0.2, 0.25) is 0 Å². The number of aliphatic carboxylic acids is 1. The second-order valence-electron chi connectivity index (χ2n) is 6.54. The first-order valence-corrected chi connectivity index (χ1v) is 8.11. The van der Waals surface area contributed by atoms with Gasteiger partial charge >= 0.3 is 0 Å². The predicted octanol–water partition coefficient (Wildman–Crippen LogP) is -0.650. The number of rotatable bonds is 5. The molecule has 0 aromatic carbocycles. The Morgan fingerprint density at radius 3 is 2.75 bits per heavy atom. The van der Waals surface area contributed by atoms with Crippen molar-refractivity contribution in [2.45, 2.75) is 32.7 Å². The van der Waals surface area contributed by atoms with E-state index in [4.69, 9.17) is 0 Å². The Balaban J connectivity index is 1.98. The van der Waals surface area contributed by atoms with E-state index in [1.807, 2.05) is 0 Å². The van der Waals surface area contributed by atoms with E-state index in [0.717, 1.165) is 31.6 Å². The van der Waals surface area contributed by atoms with Crippen LogP contribution in [0.4, 0.5) is 5.69 Å². The monoisotopic (exact) mass is 332 g/mol. The zero-order chi connectivity index (χ0) is 17.3. The molecule has 8 nitrogen and oxygen atoms in total. The van der Waals surface area contributed by atoms with Crippen LogP contribution in [0.15, 0.2) is 18.3 Å². The summed E-state index contributed by atoms with van der Waals surface area (Å²) >= 11 is 0. The quantitative estimate of drug-likeness (QED) is 0.579. The lowest BCUT2D eigenvalue weighted by molar-refractivity contribution is -0.920. The predicted molar refractivity (Wildman–Crippen MR) is 83.4 cm³/mol. The topological polar surface area (TPSA) is 105 Å². The first kappa shape index (κ1) is 16.4. The van der Waals surface area contributed by atoms with Crippen molar-refractivity contribution in [2.24, 2.45) is 5.92 Å². The Hall–Kier alpha value is -2.48. The van der Waals surface area contributed by atoms with Crippen molar-refractivity contribution in [1.82, 2.24) is 9.38 Å². The number of carboxylic acid groups (broad SMARTS) is 1. The van der Waals surface area contributed by atoms with Crippen molar-refractivity contribution < 1.29 is 19.7 Å². The van der Waals surface area contributed by atoms with Gasteiger partial charge in [0.2, 0.25) is 0 Å². The Morgan fingerprint density at radius 1 is 1.42 bits per heavy atom. The summed E-state index contributed by atoms with van der Waals surface area (Å²) in [6, 6.07) is 2.93. The van der Waals surface area contributed by atoms with E-state index >= 15 is 0 Å². The molecule has 3 rings (SSSR count). The Bertz CT molecular complexity index is 778. The number of carbonyl (C=O) groups is 1. The number of quaternary nitrogens is 1. The molecular weight excluding hydrogens is 312 g/mol. The van der Waals surface area contributed by atoms with Crippen LogP contribution in [0.3, 0.4) is 0 Å². The smallest absolute Gasteiger partial charge is 0.286 e. The molecule has 1 N–H and O–H groups in total. The largest absolute Gasteiger partial charge is 0.550 e. The van der Waals surface area contributed by atoms with E-state index in [0.29, 0.717) is 23.8 Å². The summed E-state index contributed by atoms with van der Waals surface area (Å²) in [5, 5.41) is 22.1. The summed E-state index contributed by atoms with van der Waals surface area (Å²) in [5.41, 5.74) is 1.64. The lowest BCUT2D eigenvalue weighted by atomic mass is 9.99. The average Bonchev–Trinajstić information content (AvgIpc) is 2.85. The number of carbonyl (C=O) groups excluding carboxylic acids is 1. The molecule has 0 saturated carbocycles. The minimum Gasteiger partial charge on any atom is -0.550 e. The summed E-state index contributed by atoms with van der Waals surface area (Å²) in [6.45, 7) is 4.86. The Labute approximate surface area is 138 Å². The van der Waals surface area contributed by atoms with Gasteiger partial charge in [0, 0.05) is 18.5 Å². The van der Waals surface area contributed by atoms with Crippen molar-refractivity contribution in [3.63, 3.8) is 0 Å². The number of hydrogen-bond donors (Lipinski definition) is 1. The van der Waals surface area contributed by atoms with E-state index < -0.39 is 10.9 Å². The van der Waals surface area contributed by atoms with Gasteiger partial charge in [0.25, 0.3) is 5.69 Å².